The molecule has 15 heavy (non-hydrogen) atoms. The molecule has 2 rings (SSSR count). The molecule has 1 aliphatic heterocycles. The number of hydrogen-bond acceptors (Lipinski definition) is 3. The Hall–Kier alpha value is -1.06. The number of hydrogen-bond donors (Lipinski definition) is 1. The highest BCUT2D eigenvalue weighted by molar-refractivity contribution is 5.34. The van der Waals surface area contributed by atoms with Gasteiger partial charge in [0.1, 0.15) is 5.75 Å². The van der Waals surface area contributed by atoms with Gasteiger partial charge in [-0.1, -0.05) is 18.2 Å². The first-order chi connectivity index (χ1) is 7.31. The van der Waals surface area contributed by atoms with Crippen LogP contribution in [0.4, 0.5) is 0 Å². The van der Waals surface area contributed by atoms with E-state index < -0.39 is 6.10 Å². The molecule has 2 unspecified atom stereocenters. The minimum absolute atomic E-state index is 0.370. The lowest BCUT2D eigenvalue weighted by Crippen LogP contribution is -2.02. The lowest BCUT2D eigenvalue weighted by atomic mass is 10.0. The zero-order chi connectivity index (χ0) is 10.7. The Morgan fingerprint density at radius 1 is 1.53 bits per heavy atom. The fourth-order valence-corrected chi connectivity index (χ4v) is 1.68. The van der Waals surface area contributed by atoms with E-state index in [1.165, 1.54) is 0 Å². The van der Waals surface area contributed by atoms with Crippen LogP contribution in [-0.4, -0.2) is 24.9 Å². The topological polar surface area (TPSA) is 42.0 Å². The van der Waals surface area contributed by atoms with Crippen LogP contribution in [0.5, 0.6) is 5.75 Å². The molecule has 1 N–H and O–H groups in total. The first-order valence-corrected chi connectivity index (χ1v) is 5.24. The quantitative estimate of drug-likeness (QED) is 0.751. The lowest BCUT2D eigenvalue weighted by Gasteiger charge is -2.13. The van der Waals surface area contributed by atoms with Crippen LogP contribution in [-0.2, 0) is 4.74 Å². The van der Waals surface area contributed by atoms with Gasteiger partial charge >= 0.3 is 0 Å². The second-order valence-electron chi connectivity index (χ2n) is 3.79. The van der Waals surface area contributed by atoms with E-state index in [4.69, 9.17) is 9.47 Å². The van der Waals surface area contributed by atoms with Crippen LogP contribution in [0.15, 0.2) is 24.3 Å². The van der Waals surface area contributed by atoms with Gasteiger partial charge in [0.15, 0.2) is 0 Å². The molecule has 1 heterocycles. The Morgan fingerprint density at radius 3 is 2.93 bits per heavy atom. The van der Waals surface area contributed by atoms with E-state index in [-0.39, 0.29) is 0 Å². The number of para-hydroxylation sites is 1. The molecule has 1 aromatic carbocycles. The van der Waals surface area contributed by atoms with Gasteiger partial charge in [-0.2, -0.15) is 0 Å². The van der Waals surface area contributed by atoms with E-state index in [9.17, 15) is 5.11 Å². The van der Waals surface area contributed by atoms with E-state index >= 15 is 0 Å². The van der Waals surface area contributed by atoms with Crippen molar-refractivity contribution >= 4 is 0 Å². The summed E-state index contributed by atoms with van der Waals surface area (Å²) < 4.78 is 10.3. The molecule has 1 fully saturated rings. The van der Waals surface area contributed by atoms with Crippen LogP contribution >= 0.6 is 0 Å². The predicted octanol–water partition coefficient (Wildman–Crippen LogP) is 1.91. The molecule has 0 amide bonds. The van der Waals surface area contributed by atoms with Crippen molar-refractivity contribution < 1.29 is 14.6 Å². The highest BCUT2D eigenvalue weighted by Crippen LogP contribution is 2.29. The van der Waals surface area contributed by atoms with Crippen molar-refractivity contribution in [1.82, 2.24) is 0 Å². The SMILES string of the molecule is COc1ccccc1C(O)CCC1CO1. The average molecular weight is 208 g/mol. The molecule has 0 bridgehead atoms. The minimum atomic E-state index is -0.453. The monoisotopic (exact) mass is 208 g/mol. The second-order valence-corrected chi connectivity index (χ2v) is 3.79. The summed E-state index contributed by atoms with van der Waals surface area (Å²) in [5.74, 6) is 0.752. The molecule has 0 spiro atoms. The summed E-state index contributed by atoms with van der Waals surface area (Å²) in [7, 11) is 1.62. The molecule has 1 aliphatic rings. The van der Waals surface area contributed by atoms with Gasteiger partial charge in [-0.15, -0.1) is 0 Å². The van der Waals surface area contributed by atoms with E-state index in [1.807, 2.05) is 24.3 Å². The number of methoxy groups -OCH3 is 1. The molecule has 1 aromatic rings. The summed E-state index contributed by atoms with van der Waals surface area (Å²) >= 11 is 0. The van der Waals surface area contributed by atoms with Gasteiger partial charge in [0.25, 0.3) is 0 Å². The molecule has 0 aliphatic carbocycles. The molecule has 0 radical (unpaired) electrons. The third-order valence-corrected chi connectivity index (χ3v) is 2.66. The van der Waals surface area contributed by atoms with Crippen molar-refractivity contribution in [2.24, 2.45) is 0 Å². The van der Waals surface area contributed by atoms with Crippen molar-refractivity contribution in [3.63, 3.8) is 0 Å². The van der Waals surface area contributed by atoms with Crippen LogP contribution < -0.4 is 4.74 Å². The largest absolute Gasteiger partial charge is 0.496 e. The first-order valence-electron chi connectivity index (χ1n) is 5.24. The maximum atomic E-state index is 9.97. The second kappa shape index (κ2) is 4.64. The number of rotatable bonds is 5. The zero-order valence-electron chi connectivity index (χ0n) is 8.85. The number of epoxide rings is 1. The van der Waals surface area contributed by atoms with Gasteiger partial charge in [0, 0.05) is 5.56 Å². The summed E-state index contributed by atoms with van der Waals surface area (Å²) in [6.45, 7) is 0.846. The smallest absolute Gasteiger partial charge is 0.124 e. The summed E-state index contributed by atoms with van der Waals surface area (Å²) in [6, 6.07) is 7.58. The third-order valence-electron chi connectivity index (χ3n) is 2.66. The van der Waals surface area contributed by atoms with Crippen molar-refractivity contribution in [1.29, 1.82) is 0 Å². The Labute approximate surface area is 89.6 Å². The Kier molecular flexibility index (Phi) is 3.23. The van der Waals surface area contributed by atoms with E-state index in [0.717, 1.165) is 30.8 Å². The van der Waals surface area contributed by atoms with E-state index in [1.54, 1.807) is 7.11 Å². The molecule has 3 heteroatoms. The standard InChI is InChI=1S/C12H16O3/c1-14-12-5-3-2-4-10(12)11(13)7-6-9-8-15-9/h2-5,9,11,13H,6-8H2,1H3. The van der Waals surface area contributed by atoms with Crippen LogP contribution in [0.25, 0.3) is 0 Å². The van der Waals surface area contributed by atoms with Crippen molar-refractivity contribution in [3.05, 3.63) is 29.8 Å². The fraction of sp³-hybridized carbons (Fsp3) is 0.500. The molecule has 82 valence electrons. The first kappa shape index (κ1) is 10.5. The Balaban J connectivity index is 1.98. The normalized spacial score (nSPS) is 21.1. The number of ether oxygens (including phenoxy) is 2. The number of benzene rings is 1. The molecule has 1 saturated heterocycles. The zero-order valence-corrected chi connectivity index (χ0v) is 8.85. The molecule has 0 aromatic heterocycles. The summed E-state index contributed by atoms with van der Waals surface area (Å²) in [5.41, 5.74) is 0.862. The molecular formula is C12H16O3. The highest BCUT2D eigenvalue weighted by Gasteiger charge is 2.24. The van der Waals surface area contributed by atoms with Gasteiger partial charge in [0.05, 0.1) is 25.9 Å². The van der Waals surface area contributed by atoms with Gasteiger partial charge in [0.2, 0.25) is 0 Å². The van der Waals surface area contributed by atoms with Crippen molar-refractivity contribution in [2.45, 2.75) is 25.0 Å². The molecule has 0 saturated carbocycles. The fourth-order valence-electron chi connectivity index (χ4n) is 1.68. The van der Waals surface area contributed by atoms with Gasteiger partial charge < -0.3 is 14.6 Å². The van der Waals surface area contributed by atoms with Crippen molar-refractivity contribution in [2.75, 3.05) is 13.7 Å². The molecule has 3 nitrogen and oxygen atoms in total. The van der Waals surface area contributed by atoms with E-state index in [2.05, 4.69) is 0 Å². The van der Waals surface area contributed by atoms with Gasteiger partial charge in [-0.05, 0) is 18.9 Å². The predicted molar refractivity (Wildman–Crippen MR) is 56.9 cm³/mol. The van der Waals surface area contributed by atoms with Gasteiger partial charge in [-0.3, -0.25) is 0 Å². The van der Waals surface area contributed by atoms with Crippen LogP contribution in [0, 0.1) is 0 Å². The number of aliphatic hydroxyl groups is 1. The molecular weight excluding hydrogens is 192 g/mol. The Morgan fingerprint density at radius 2 is 2.27 bits per heavy atom. The highest BCUT2D eigenvalue weighted by atomic mass is 16.6. The summed E-state index contributed by atoms with van der Waals surface area (Å²) in [6.07, 6.45) is 1.56. The maximum Gasteiger partial charge on any atom is 0.124 e. The number of aliphatic hydroxyl groups excluding tert-OH is 1. The summed E-state index contributed by atoms with van der Waals surface area (Å²) in [5, 5.41) is 9.97. The van der Waals surface area contributed by atoms with Crippen LogP contribution in [0.2, 0.25) is 0 Å². The van der Waals surface area contributed by atoms with Crippen molar-refractivity contribution in [3.8, 4) is 5.75 Å². The van der Waals surface area contributed by atoms with E-state index in [0.29, 0.717) is 6.10 Å². The Bertz CT molecular complexity index is 320. The average Bonchev–Trinajstić information content (AvgIpc) is 3.09. The maximum absolute atomic E-state index is 9.97. The minimum Gasteiger partial charge on any atom is -0.496 e. The molecule has 2 atom stereocenters. The van der Waals surface area contributed by atoms with Crippen LogP contribution in [0.1, 0.15) is 24.5 Å². The van der Waals surface area contributed by atoms with Crippen LogP contribution in [0.3, 0.4) is 0 Å². The third kappa shape index (κ3) is 2.70. The van der Waals surface area contributed by atoms with Gasteiger partial charge in [-0.25, -0.2) is 0 Å². The lowest BCUT2D eigenvalue weighted by molar-refractivity contribution is 0.156. The summed E-state index contributed by atoms with van der Waals surface area (Å²) in [4.78, 5) is 0.